The number of aromatic hydroxyl groups is 1. The molecule has 0 aliphatic carbocycles. The van der Waals surface area contributed by atoms with Gasteiger partial charge in [-0.05, 0) is 57.4 Å². The second-order valence-corrected chi connectivity index (χ2v) is 8.81. The van der Waals surface area contributed by atoms with Gasteiger partial charge in [-0.15, -0.1) is 0 Å². The summed E-state index contributed by atoms with van der Waals surface area (Å²) >= 11 is 0. The number of phenols is 1. The van der Waals surface area contributed by atoms with E-state index in [1.54, 1.807) is 19.1 Å². The highest BCUT2D eigenvalue weighted by atomic mass is 32.2. The van der Waals surface area contributed by atoms with E-state index in [9.17, 15) is 22.7 Å². The minimum atomic E-state index is -3.96. The molecular weight excluding hydrogens is 381 g/mol. The summed E-state index contributed by atoms with van der Waals surface area (Å²) in [6, 6.07) is 8.73. The SMILES string of the molecule is CC(=O)CCCc1c(C)n(S(=O)(=O)c2ccc(C)cc2)c2cc(F)c(O)cc12. The minimum Gasteiger partial charge on any atom is -0.505 e. The lowest BCUT2D eigenvalue weighted by molar-refractivity contribution is -0.117. The van der Waals surface area contributed by atoms with E-state index in [2.05, 4.69) is 0 Å². The van der Waals surface area contributed by atoms with Gasteiger partial charge in [0.15, 0.2) is 11.6 Å². The van der Waals surface area contributed by atoms with E-state index in [4.69, 9.17) is 0 Å². The molecule has 3 rings (SSSR count). The van der Waals surface area contributed by atoms with Crippen molar-refractivity contribution in [3.8, 4) is 5.75 Å². The fourth-order valence-electron chi connectivity index (χ4n) is 3.41. The number of rotatable bonds is 6. The Balaban J connectivity index is 2.24. The van der Waals surface area contributed by atoms with Crippen molar-refractivity contribution >= 4 is 26.7 Å². The molecule has 0 aliphatic rings. The van der Waals surface area contributed by atoms with Crippen molar-refractivity contribution in [3.05, 3.63) is 59.0 Å². The van der Waals surface area contributed by atoms with Gasteiger partial charge in [0.05, 0.1) is 10.4 Å². The van der Waals surface area contributed by atoms with Gasteiger partial charge in [-0.1, -0.05) is 17.7 Å². The number of benzene rings is 2. The summed E-state index contributed by atoms with van der Waals surface area (Å²) in [5, 5.41) is 10.3. The number of halogens is 1. The van der Waals surface area contributed by atoms with E-state index < -0.39 is 21.6 Å². The molecule has 7 heteroatoms. The largest absolute Gasteiger partial charge is 0.505 e. The molecule has 0 radical (unpaired) electrons. The van der Waals surface area contributed by atoms with Crippen LogP contribution in [0.1, 0.15) is 36.6 Å². The van der Waals surface area contributed by atoms with Crippen LogP contribution in [0.25, 0.3) is 10.9 Å². The molecule has 0 spiro atoms. The van der Waals surface area contributed by atoms with Crippen molar-refractivity contribution in [2.45, 2.75) is 44.9 Å². The highest BCUT2D eigenvalue weighted by Crippen LogP contribution is 2.34. The predicted octanol–water partition coefficient (Wildman–Crippen LogP) is 4.25. The summed E-state index contributed by atoms with van der Waals surface area (Å²) < 4.78 is 41.8. The zero-order valence-electron chi connectivity index (χ0n) is 16.0. The maximum absolute atomic E-state index is 14.1. The van der Waals surface area contributed by atoms with Crippen LogP contribution in [0.15, 0.2) is 41.3 Å². The summed E-state index contributed by atoms with van der Waals surface area (Å²) in [7, 11) is -3.96. The van der Waals surface area contributed by atoms with Gasteiger partial charge in [0.25, 0.3) is 10.0 Å². The standard InChI is InChI=1S/C21H22FNO4S/c1-13-7-9-16(10-8-13)28(26,27)23-15(3)17(6-4-5-14(2)24)18-11-21(25)19(22)12-20(18)23/h7-12,25H,4-6H2,1-3H3. The molecule has 0 amide bonds. The number of phenolic OH excluding ortho intramolecular Hbond substituents is 1. The molecule has 5 nitrogen and oxygen atoms in total. The summed E-state index contributed by atoms with van der Waals surface area (Å²) in [5.41, 5.74) is 2.23. The molecule has 148 valence electrons. The highest BCUT2D eigenvalue weighted by Gasteiger charge is 2.26. The van der Waals surface area contributed by atoms with Crippen LogP contribution in [0.4, 0.5) is 4.39 Å². The minimum absolute atomic E-state index is 0.0440. The van der Waals surface area contributed by atoms with Gasteiger partial charge in [-0.2, -0.15) is 0 Å². The fourth-order valence-corrected chi connectivity index (χ4v) is 4.99. The maximum Gasteiger partial charge on any atom is 0.268 e. The molecule has 2 aromatic carbocycles. The van der Waals surface area contributed by atoms with Crippen LogP contribution in [0.5, 0.6) is 5.75 Å². The Labute approximate surface area is 163 Å². The molecule has 1 N–H and O–H groups in total. The van der Waals surface area contributed by atoms with E-state index in [0.717, 1.165) is 15.6 Å². The Morgan fingerprint density at radius 2 is 1.79 bits per heavy atom. The number of carbonyl (C=O) groups excluding carboxylic acids is 1. The first kappa shape index (κ1) is 20.1. The van der Waals surface area contributed by atoms with E-state index >= 15 is 0 Å². The maximum atomic E-state index is 14.1. The zero-order chi connectivity index (χ0) is 20.6. The number of aryl methyl sites for hydroxylation is 2. The molecule has 0 unspecified atom stereocenters. The van der Waals surface area contributed by atoms with Crippen LogP contribution in [-0.4, -0.2) is 23.3 Å². The zero-order valence-corrected chi connectivity index (χ0v) is 16.8. The average Bonchev–Trinajstić information content (AvgIpc) is 2.87. The second kappa shape index (κ2) is 7.39. The van der Waals surface area contributed by atoms with Crippen molar-refractivity contribution in [1.82, 2.24) is 3.97 Å². The smallest absolute Gasteiger partial charge is 0.268 e. The molecule has 1 aromatic heterocycles. The lowest BCUT2D eigenvalue weighted by atomic mass is 10.0. The fraction of sp³-hybridized carbons (Fsp3) is 0.286. The number of hydrogen-bond donors (Lipinski definition) is 1. The molecule has 0 saturated heterocycles. The monoisotopic (exact) mass is 403 g/mol. The number of aromatic nitrogens is 1. The first-order valence-electron chi connectivity index (χ1n) is 8.97. The van der Waals surface area contributed by atoms with Crippen LogP contribution in [0.2, 0.25) is 0 Å². The number of nitrogens with zero attached hydrogens (tertiary/aromatic N) is 1. The summed E-state index contributed by atoms with van der Waals surface area (Å²) in [5.74, 6) is -1.38. The summed E-state index contributed by atoms with van der Waals surface area (Å²) in [6.07, 6.45) is 1.35. The van der Waals surface area contributed by atoms with Crippen LogP contribution >= 0.6 is 0 Å². The molecule has 1 heterocycles. The molecule has 0 atom stereocenters. The lowest BCUT2D eigenvalue weighted by Gasteiger charge is -2.11. The third-order valence-corrected chi connectivity index (χ3v) is 6.68. The average molecular weight is 403 g/mol. The van der Waals surface area contributed by atoms with Gasteiger partial charge in [0.1, 0.15) is 5.78 Å². The van der Waals surface area contributed by atoms with Crippen molar-refractivity contribution in [3.63, 3.8) is 0 Å². The Kier molecular flexibility index (Phi) is 5.30. The first-order valence-corrected chi connectivity index (χ1v) is 10.4. The number of fused-ring (bicyclic) bond motifs is 1. The van der Waals surface area contributed by atoms with Crippen molar-refractivity contribution in [2.75, 3.05) is 0 Å². The van der Waals surface area contributed by atoms with Crippen LogP contribution in [0, 0.1) is 19.7 Å². The number of hydrogen-bond acceptors (Lipinski definition) is 4. The number of ketones is 1. The Morgan fingerprint density at radius 3 is 2.39 bits per heavy atom. The summed E-state index contributed by atoms with van der Waals surface area (Å²) in [4.78, 5) is 11.4. The third-order valence-electron chi connectivity index (χ3n) is 4.87. The van der Waals surface area contributed by atoms with Crippen LogP contribution < -0.4 is 0 Å². The van der Waals surface area contributed by atoms with E-state index in [-0.39, 0.29) is 16.2 Å². The van der Waals surface area contributed by atoms with Crippen LogP contribution in [0.3, 0.4) is 0 Å². The van der Waals surface area contributed by atoms with Gasteiger partial charge in [-0.3, -0.25) is 0 Å². The lowest BCUT2D eigenvalue weighted by Crippen LogP contribution is -2.14. The van der Waals surface area contributed by atoms with Crippen LogP contribution in [-0.2, 0) is 21.2 Å². The van der Waals surface area contributed by atoms with E-state index in [1.807, 2.05) is 6.92 Å². The Hall–Kier alpha value is -2.67. The van der Waals surface area contributed by atoms with Gasteiger partial charge in [0.2, 0.25) is 0 Å². The molecule has 0 bridgehead atoms. The van der Waals surface area contributed by atoms with Gasteiger partial charge in [0, 0.05) is 23.6 Å². The van der Waals surface area contributed by atoms with Gasteiger partial charge in [-0.25, -0.2) is 16.8 Å². The summed E-state index contributed by atoms with van der Waals surface area (Å²) in [6.45, 7) is 5.01. The molecule has 28 heavy (non-hydrogen) atoms. The van der Waals surface area contributed by atoms with Gasteiger partial charge < -0.3 is 9.90 Å². The van der Waals surface area contributed by atoms with Crippen molar-refractivity contribution in [1.29, 1.82) is 0 Å². The normalized spacial score (nSPS) is 11.9. The number of Topliss-reactive ketones (excluding diaryl/α,β-unsaturated/α-hetero) is 1. The quantitative estimate of drug-likeness (QED) is 0.667. The number of carbonyl (C=O) groups is 1. The molecule has 0 fully saturated rings. The molecular formula is C21H22FNO4S. The Bertz CT molecular complexity index is 1160. The molecule has 0 saturated carbocycles. The van der Waals surface area contributed by atoms with Gasteiger partial charge >= 0.3 is 0 Å². The first-order chi connectivity index (χ1) is 13.1. The topological polar surface area (TPSA) is 76.4 Å². The second-order valence-electron chi connectivity index (χ2n) is 7.02. The predicted molar refractivity (Wildman–Crippen MR) is 106 cm³/mol. The van der Waals surface area contributed by atoms with Crippen molar-refractivity contribution in [2.24, 2.45) is 0 Å². The molecule has 3 aromatic rings. The third kappa shape index (κ3) is 3.54. The Morgan fingerprint density at radius 1 is 1.14 bits per heavy atom. The van der Waals surface area contributed by atoms with E-state index in [1.165, 1.54) is 25.1 Å². The van der Waals surface area contributed by atoms with E-state index in [0.29, 0.717) is 35.9 Å². The van der Waals surface area contributed by atoms with Crippen molar-refractivity contribution < 1.29 is 22.7 Å². The molecule has 0 aliphatic heterocycles. The highest BCUT2D eigenvalue weighted by molar-refractivity contribution is 7.90.